The van der Waals surface area contributed by atoms with Gasteiger partial charge in [-0.1, -0.05) is 13.3 Å². The molecule has 0 aliphatic rings. The molecule has 2 atom stereocenters. The Hall–Kier alpha value is -0.220. The molecule has 0 fully saturated rings. The molecule has 0 saturated heterocycles. The molecule has 3 nitrogen and oxygen atoms in total. The van der Waals surface area contributed by atoms with Crippen LogP contribution >= 0.6 is 12.6 Å². The van der Waals surface area contributed by atoms with Gasteiger partial charge in [-0.3, -0.25) is 4.79 Å². The number of nitrogens with two attached hydrogens (primary N) is 1. The minimum atomic E-state index is -0.590. The van der Waals surface area contributed by atoms with E-state index in [1.807, 2.05) is 13.8 Å². The van der Waals surface area contributed by atoms with Gasteiger partial charge in [0, 0.05) is 5.75 Å². The lowest BCUT2D eigenvalue weighted by atomic mass is 10.2. The van der Waals surface area contributed by atoms with Crippen molar-refractivity contribution in [2.24, 2.45) is 5.73 Å². The number of carbonyl (C=O) groups is 1. The summed E-state index contributed by atoms with van der Waals surface area (Å²) in [6.07, 6.45) is 1.85. The molecule has 0 amide bonds. The average Bonchev–Trinajstić information content (AvgIpc) is 2.03. The van der Waals surface area contributed by atoms with E-state index in [1.54, 1.807) is 0 Å². The molecule has 0 aromatic heterocycles. The molecule has 2 N–H and O–H groups in total. The fourth-order valence-corrected chi connectivity index (χ4v) is 0.975. The van der Waals surface area contributed by atoms with E-state index in [9.17, 15) is 4.79 Å². The second-order valence-corrected chi connectivity index (χ2v) is 3.19. The van der Waals surface area contributed by atoms with Gasteiger partial charge in [0.25, 0.3) is 0 Å². The first-order chi connectivity index (χ1) is 5.61. The van der Waals surface area contributed by atoms with E-state index in [-0.39, 0.29) is 12.1 Å². The lowest BCUT2D eigenvalue weighted by Crippen LogP contribution is -2.35. The van der Waals surface area contributed by atoms with Gasteiger partial charge >= 0.3 is 5.97 Å². The summed E-state index contributed by atoms with van der Waals surface area (Å²) in [5.74, 6) is -0.0246. The number of hydrogen-bond acceptors (Lipinski definition) is 4. The van der Waals surface area contributed by atoms with E-state index in [1.165, 1.54) is 0 Å². The van der Waals surface area contributed by atoms with Crippen molar-refractivity contribution in [3.05, 3.63) is 0 Å². The van der Waals surface area contributed by atoms with Crippen LogP contribution in [0.3, 0.4) is 0 Å². The summed E-state index contributed by atoms with van der Waals surface area (Å²) < 4.78 is 5.03. The van der Waals surface area contributed by atoms with E-state index in [4.69, 9.17) is 10.5 Å². The molecule has 0 aliphatic carbocycles. The lowest BCUT2D eigenvalue weighted by molar-refractivity contribution is -0.149. The predicted octanol–water partition coefficient (Wildman–Crippen LogP) is 0.975. The van der Waals surface area contributed by atoms with Crippen molar-refractivity contribution in [3.63, 3.8) is 0 Å². The minimum absolute atomic E-state index is 0.0339. The van der Waals surface area contributed by atoms with Crippen LogP contribution in [0.2, 0.25) is 0 Å². The molecule has 12 heavy (non-hydrogen) atoms. The molecule has 0 saturated carbocycles. The smallest absolute Gasteiger partial charge is 0.324 e. The number of carbonyl (C=O) groups excluding carboxylic acids is 1. The molecule has 2 unspecified atom stereocenters. The summed E-state index contributed by atoms with van der Waals surface area (Å²) in [6.45, 7) is 3.91. The molecule has 0 aromatic rings. The quantitative estimate of drug-likeness (QED) is 0.503. The standard InChI is InChI=1S/C8H17NO2S/c1-3-4-6(2)11-8(10)7(9)5-12/h6-7,12H,3-5,9H2,1-2H3. The van der Waals surface area contributed by atoms with Gasteiger partial charge < -0.3 is 10.5 Å². The summed E-state index contributed by atoms with van der Waals surface area (Å²) in [6, 6.07) is -0.590. The number of ether oxygens (including phenoxy) is 1. The number of esters is 1. The molecule has 0 heterocycles. The Labute approximate surface area is 79.1 Å². The maximum absolute atomic E-state index is 11.1. The van der Waals surface area contributed by atoms with E-state index in [0.29, 0.717) is 5.75 Å². The predicted molar refractivity (Wildman–Crippen MR) is 52.3 cm³/mol. The highest BCUT2D eigenvalue weighted by Gasteiger charge is 2.15. The largest absolute Gasteiger partial charge is 0.461 e. The first-order valence-electron chi connectivity index (χ1n) is 4.18. The molecule has 72 valence electrons. The first kappa shape index (κ1) is 11.8. The summed E-state index contributed by atoms with van der Waals surface area (Å²) in [4.78, 5) is 11.1. The van der Waals surface area contributed by atoms with Gasteiger partial charge in [0.1, 0.15) is 6.04 Å². The van der Waals surface area contributed by atoms with E-state index >= 15 is 0 Å². The average molecular weight is 191 g/mol. The monoisotopic (exact) mass is 191 g/mol. The summed E-state index contributed by atoms with van der Waals surface area (Å²) in [5.41, 5.74) is 5.41. The van der Waals surface area contributed by atoms with Gasteiger partial charge in [-0.25, -0.2) is 0 Å². The van der Waals surface area contributed by atoms with Crippen LogP contribution in [0, 0.1) is 0 Å². The van der Waals surface area contributed by atoms with Crippen LogP contribution in [0.5, 0.6) is 0 Å². The van der Waals surface area contributed by atoms with Crippen molar-refractivity contribution in [2.75, 3.05) is 5.75 Å². The van der Waals surface area contributed by atoms with Crippen molar-refractivity contribution in [1.82, 2.24) is 0 Å². The molecule has 0 bridgehead atoms. The SMILES string of the molecule is CCCC(C)OC(=O)C(N)CS. The Bertz CT molecular complexity index is 141. The first-order valence-corrected chi connectivity index (χ1v) is 4.82. The number of rotatable bonds is 5. The van der Waals surface area contributed by atoms with Crippen LogP contribution in [0.25, 0.3) is 0 Å². The summed E-state index contributed by atoms with van der Waals surface area (Å²) in [5, 5.41) is 0. The highest BCUT2D eigenvalue weighted by atomic mass is 32.1. The van der Waals surface area contributed by atoms with Crippen LogP contribution in [-0.4, -0.2) is 23.9 Å². The highest BCUT2D eigenvalue weighted by Crippen LogP contribution is 2.02. The van der Waals surface area contributed by atoms with Crippen molar-refractivity contribution >= 4 is 18.6 Å². The maximum Gasteiger partial charge on any atom is 0.324 e. The third kappa shape index (κ3) is 4.62. The van der Waals surface area contributed by atoms with Crippen LogP contribution in [-0.2, 0) is 9.53 Å². The molecule has 0 rings (SSSR count). The van der Waals surface area contributed by atoms with Gasteiger partial charge in [-0.2, -0.15) is 12.6 Å². The van der Waals surface area contributed by atoms with Gasteiger partial charge in [0.05, 0.1) is 6.10 Å². The fraction of sp³-hybridized carbons (Fsp3) is 0.875. The van der Waals surface area contributed by atoms with E-state index in [2.05, 4.69) is 12.6 Å². The molecule has 0 radical (unpaired) electrons. The second kappa shape index (κ2) is 6.31. The second-order valence-electron chi connectivity index (χ2n) is 2.83. The zero-order valence-electron chi connectivity index (χ0n) is 7.62. The maximum atomic E-state index is 11.1. The van der Waals surface area contributed by atoms with E-state index < -0.39 is 6.04 Å². The Kier molecular flexibility index (Phi) is 6.20. The summed E-state index contributed by atoms with van der Waals surface area (Å²) in [7, 11) is 0. The Morgan fingerprint density at radius 3 is 2.67 bits per heavy atom. The zero-order chi connectivity index (χ0) is 9.56. The third-order valence-corrected chi connectivity index (χ3v) is 1.91. The fourth-order valence-electron chi connectivity index (χ4n) is 0.826. The summed E-state index contributed by atoms with van der Waals surface area (Å²) >= 11 is 3.90. The molecular weight excluding hydrogens is 174 g/mol. The molecule has 0 aliphatic heterocycles. The van der Waals surface area contributed by atoms with Crippen molar-refractivity contribution in [1.29, 1.82) is 0 Å². The van der Waals surface area contributed by atoms with Crippen LogP contribution in [0.1, 0.15) is 26.7 Å². The van der Waals surface area contributed by atoms with E-state index in [0.717, 1.165) is 12.8 Å². The minimum Gasteiger partial charge on any atom is -0.461 e. The highest BCUT2D eigenvalue weighted by molar-refractivity contribution is 7.80. The molecule has 0 aromatic carbocycles. The topological polar surface area (TPSA) is 52.3 Å². The normalized spacial score (nSPS) is 15.3. The lowest BCUT2D eigenvalue weighted by Gasteiger charge is -2.14. The van der Waals surface area contributed by atoms with Gasteiger partial charge in [0.2, 0.25) is 0 Å². The number of thiol groups is 1. The molecule has 0 spiro atoms. The van der Waals surface area contributed by atoms with Crippen molar-refractivity contribution in [2.45, 2.75) is 38.8 Å². The van der Waals surface area contributed by atoms with Crippen molar-refractivity contribution in [3.8, 4) is 0 Å². The van der Waals surface area contributed by atoms with Gasteiger partial charge in [0.15, 0.2) is 0 Å². The van der Waals surface area contributed by atoms with Crippen LogP contribution < -0.4 is 5.73 Å². The van der Waals surface area contributed by atoms with Crippen LogP contribution in [0.15, 0.2) is 0 Å². The van der Waals surface area contributed by atoms with Gasteiger partial charge in [-0.05, 0) is 13.3 Å². The van der Waals surface area contributed by atoms with Crippen LogP contribution in [0.4, 0.5) is 0 Å². The number of hydrogen-bond donors (Lipinski definition) is 2. The van der Waals surface area contributed by atoms with Gasteiger partial charge in [-0.15, -0.1) is 0 Å². The zero-order valence-corrected chi connectivity index (χ0v) is 8.51. The molecular formula is C8H17NO2S. The Morgan fingerprint density at radius 1 is 1.67 bits per heavy atom. The molecule has 4 heteroatoms. The van der Waals surface area contributed by atoms with Crippen molar-refractivity contribution < 1.29 is 9.53 Å². The Morgan fingerprint density at radius 2 is 2.25 bits per heavy atom. The Balaban J connectivity index is 3.67. The third-order valence-electron chi connectivity index (χ3n) is 1.51.